The molecule has 3 rings (SSSR count). The van der Waals surface area contributed by atoms with Crippen molar-refractivity contribution in [3.63, 3.8) is 0 Å². The van der Waals surface area contributed by atoms with Crippen molar-refractivity contribution < 1.29 is 22.7 Å². The van der Waals surface area contributed by atoms with Gasteiger partial charge in [-0.05, 0) is 42.3 Å². The van der Waals surface area contributed by atoms with Crippen LogP contribution in [0.25, 0.3) is 0 Å². The zero-order chi connectivity index (χ0) is 20.1. The molecule has 0 atom stereocenters. The van der Waals surface area contributed by atoms with Crippen LogP contribution in [0, 0.1) is 6.92 Å². The molecule has 0 spiro atoms. The van der Waals surface area contributed by atoms with Crippen LogP contribution in [0.15, 0.2) is 47.4 Å². The monoisotopic (exact) mass is 404 g/mol. The third-order valence-corrected chi connectivity index (χ3v) is 6.62. The number of hydrogen-bond acceptors (Lipinski definition) is 5. The van der Waals surface area contributed by atoms with E-state index in [1.54, 1.807) is 38.3 Å². The van der Waals surface area contributed by atoms with Crippen LogP contribution >= 0.6 is 0 Å². The van der Waals surface area contributed by atoms with Gasteiger partial charge in [0.2, 0.25) is 15.9 Å². The van der Waals surface area contributed by atoms with Gasteiger partial charge in [0, 0.05) is 18.8 Å². The molecule has 7 nitrogen and oxygen atoms in total. The zero-order valence-electron chi connectivity index (χ0n) is 16.0. The Morgan fingerprint density at radius 1 is 1.14 bits per heavy atom. The zero-order valence-corrected chi connectivity index (χ0v) is 16.8. The van der Waals surface area contributed by atoms with Gasteiger partial charge >= 0.3 is 0 Å². The summed E-state index contributed by atoms with van der Waals surface area (Å²) in [6.07, 6.45) is 0.184. The number of morpholine rings is 1. The molecule has 1 fully saturated rings. The molecule has 1 amide bonds. The molecule has 0 unspecified atom stereocenters. The Morgan fingerprint density at radius 3 is 2.46 bits per heavy atom. The van der Waals surface area contributed by atoms with Crippen molar-refractivity contribution in [2.45, 2.75) is 18.2 Å². The predicted octanol–water partition coefficient (Wildman–Crippen LogP) is 2.21. The summed E-state index contributed by atoms with van der Waals surface area (Å²) in [5.41, 5.74) is 1.93. The third kappa shape index (κ3) is 4.70. The standard InChI is InChI=1S/C20H24N2O5S/c1-15-3-6-17(14-19(15)28(24,25)22-9-11-27-12-10-22)21-20(23)13-16-4-7-18(26-2)8-5-16/h3-8,14H,9-13H2,1-2H3,(H,21,23). The van der Waals surface area contributed by atoms with Gasteiger partial charge in [0.1, 0.15) is 5.75 Å². The Morgan fingerprint density at radius 2 is 1.82 bits per heavy atom. The third-order valence-electron chi connectivity index (χ3n) is 4.58. The first-order chi connectivity index (χ1) is 13.4. The van der Waals surface area contributed by atoms with E-state index >= 15 is 0 Å². The molecule has 0 radical (unpaired) electrons. The number of carbonyl (C=O) groups is 1. The van der Waals surface area contributed by atoms with Gasteiger partial charge in [-0.15, -0.1) is 0 Å². The fourth-order valence-electron chi connectivity index (χ4n) is 3.02. The number of anilines is 1. The SMILES string of the molecule is COc1ccc(CC(=O)Nc2ccc(C)c(S(=O)(=O)N3CCOCC3)c2)cc1. The summed E-state index contributed by atoms with van der Waals surface area (Å²) in [5.74, 6) is 0.504. The smallest absolute Gasteiger partial charge is 0.243 e. The summed E-state index contributed by atoms with van der Waals surface area (Å²) >= 11 is 0. The minimum absolute atomic E-state index is 0.184. The van der Waals surface area contributed by atoms with Crippen molar-refractivity contribution in [2.24, 2.45) is 0 Å². The summed E-state index contributed by atoms with van der Waals surface area (Å²) in [5, 5.41) is 2.78. The molecule has 8 heteroatoms. The van der Waals surface area contributed by atoms with E-state index in [-0.39, 0.29) is 17.2 Å². The van der Waals surface area contributed by atoms with Crippen LogP contribution in [-0.2, 0) is 26.0 Å². The maximum absolute atomic E-state index is 12.9. The molecule has 1 aliphatic rings. The highest BCUT2D eigenvalue weighted by molar-refractivity contribution is 7.89. The molecule has 0 bridgehead atoms. The Hall–Kier alpha value is -2.42. The van der Waals surface area contributed by atoms with E-state index < -0.39 is 10.0 Å². The quantitative estimate of drug-likeness (QED) is 0.798. The summed E-state index contributed by atoms with van der Waals surface area (Å²) in [6.45, 7) is 3.18. The van der Waals surface area contributed by atoms with Crippen LogP contribution in [0.1, 0.15) is 11.1 Å². The van der Waals surface area contributed by atoms with E-state index in [1.165, 1.54) is 10.4 Å². The first-order valence-electron chi connectivity index (χ1n) is 9.01. The molecule has 28 heavy (non-hydrogen) atoms. The van der Waals surface area contributed by atoms with Gasteiger partial charge in [-0.25, -0.2) is 8.42 Å². The van der Waals surface area contributed by atoms with Gasteiger partial charge in [0.05, 0.1) is 31.6 Å². The predicted molar refractivity (Wildman–Crippen MR) is 106 cm³/mol. The van der Waals surface area contributed by atoms with Crippen molar-refractivity contribution in [3.8, 4) is 5.75 Å². The first kappa shape index (κ1) is 20.3. The van der Waals surface area contributed by atoms with Gasteiger partial charge in [0.25, 0.3) is 0 Å². The number of rotatable bonds is 6. The van der Waals surface area contributed by atoms with Crippen LogP contribution in [0.4, 0.5) is 5.69 Å². The Labute approximate surface area is 165 Å². The number of ether oxygens (including phenoxy) is 2. The Bertz CT molecular complexity index is 936. The van der Waals surface area contributed by atoms with Gasteiger partial charge in [-0.3, -0.25) is 4.79 Å². The van der Waals surface area contributed by atoms with Crippen molar-refractivity contribution in [1.29, 1.82) is 0 Å². The number of hydrogen-bond donors (Lipinski definition) is 1. The molecule has 150 valence electrons. The number of nitrogens with zero attached hydrogens (tertiary/aromatic N) is 1. The average molecular weight is 404 g/mol. The molecule has 0 aliphatic carbocycles. The van der Waals surface area contributed by atoms with Crippen LogP contribution in [-0.4, -0.2) is 52.0 Å². The molecule has 1 heterocycles. The summed E-state index contributed by atoms with van der Waals surface area (Å²) in [6, 6.07) is 12.2. The average Bonchev–Trinajstić information content (AvgIpc) is 2.70. The van der Waals surface area contributed by atoms with E-state index in [0.29, 0.717) is 37.6 Å². The summed E-state index contributed by atoms with van der Waals surface area (Å²) in [7, 11) is -2.04. The highest BCUT2D eigenvalue weighted by atomic mass is 32.2. The van der Waals surface area contributed by atoms with E-state index in [9.17, 15) is 13.2 Å². The van der Waals surface area contributed by atoms with Crippen molar-refractivity contribution in [2.75, 3.05) is 38.7 Å². The van der Waals surface area contributed by atoms with Crippen LogP contribution < -0.4 is 10.1 Å². The van der Waals surface area contributed by atoms with Crippen molar-refractivity contribution in [1.82, 2.24) is 4.31 Å². The molecule has 2 aromatic carbocycles. The molecular weight excluding hydrogens is 380 g/mol. The Kier molecular flexibility index (Phi) is 6.33. The molecular formula is C20H24N2O5S. The lowest BCUT2D eigenvalue weighted by molar-refractivity contribution is -0.115. The van der Waals surface area contributed by atoms with Gasteiger partial charge in [0.15, 0.2) is 0 Å². The largest absolute Gasteiger partial charge is 0.497 e. The van der Waals surface area contributed by atoms with E-state index in [1.807, 2.05) is 12.1 Å². The van der Waals surface area contributed by atoms with Crippen molar-refractivity contribution >= 4 is 21.6 Å². The lowest BCUT2D eigenvalue weighted by Crippen LogP contribution is -2.40. The van der Waals surface area contributed by atoms with E-state index in [4.69, 9.17) is 9.47 Å². The lowest BCUT2D eigenvalue weighted by atomic mass is 10.1. The van der Waals surface area contributed by atoms with Gasteiger partial charge < -0.3 is 14.8 Å². The highest BCUT2D eigenvalue weighted by Crippen LogP contribution is 2.24. The summed E-state index contributed by atoms with van der Waals surface area (Å²) in [4.78, 5) is 12.6. The van der Waals surface area contributed by atoms with E-state index in [2.05, 4.69) is 5.32 Å². The molecule has 1 aliphatic heterocycles. The van der Waals surface area contributed by atoms with Crippen molar-refractivity contribution in [3.05, 3.63) is 53.6 Å². The second-order valence-corrected chi connectivity index (χ2v) is 8.48. The number of carbonyl (C=O) groups excluding carboxylic acids is 1. The number of nitrogens with one attached hydrogen (secondary N) is 1. The number of sulfonamides is 1. The highest BCUT2D eigenvalue weighted by Gasteiger charge is 2.28. The molecule has 0 aromatic heterocycles. The minimum Gasteiger partial charge on any atom is -0.497 e. The fraction of sp³-hybridized carbons (Fsp3) is 0.350. The maximum Gasteiger partial charge on any atom is 0.243 e. The molecule has 2 aromatic rings. The lowest BCUT2D eigenvalue weighted by Gasteiger charge is -2.26. The minimum atomic E-state index is -3.63. The molecule has 1 saturated heterocycles. The molecule has 1 N–H and O–H groups in total. The molecule has 0 saturated carbocycles. The first-order valence-corrected chi connectivity index (χ1v) is 10.5. The number of methoxy groups -OCH3 is 1. The topological polar surface area (TPSA) is 84.9 Å². The number of benzene rings is 2. The van der Waals surface area contributed by atoms with Gasteiger partial charge in [-0.1, -0.05) is 18.2 Å². The number of amides is 1. The fourth-order valence-corrected chi connectivity index (χ4v) is 4.67. The maximum atomic E-state index is 12.9. The van der Waals surface area contributed by atoms with Crippen LogP contribution in [0.3, 0.4) is 0 Å². The van der Waals surface area contributed by atoms with E-state index in [0.717, 1.165) is 11.3 Å². The summed E-state index contributed by atoms with van der Waals surface area (Å²) < 4.78 is 37.6. The van der Waals surface area contributed by atoms with Crippen LogP contribution in [0.5, 0.6) is 5.75 Å². The van der Waals surface area contributed by atoms with Gasteiger partial charge in [-0.2, -0.15) is 4.31 Å². The second kappa shape index (κ2) is 8.72. The van der Waals surface area contributed by atoms with Crippen LogP contribution in [0.2, 0.25) is 0 Å². The normalized spacial score (nSPS) is 15.2. The second-order valence-electron chi connectivity index (χ2n) is 6.57. The Balaban J connectivity index is 1.74. The number of aryl methyl sites for hydroxylation is 1.